The predicted octanol–water partition coefficient (Wildman–Crippen LogP) is 3.31. The third-order valence-corrected chi connectivity index (χ3v) is 3.98. The molecule has 2 aromatic carbocycles. The number of hydrogen-bond acceptors (Lipinski definition) is 2. The highest BCUT2D eigenvalue weighted by Crippen LogP contribution is 2.15. The standard InChI is InChI=1S/C19H21N3O/c1-2-22-17-11-7-6-10-16(17)21-18(22)14-20-19(23)13-12-15-8-4-3-5-9-15/h3-11H,2,12-14H2,1H3,(H,20,23). The first kappa shape index (κ1) is 15.3. The molecule has 0 bridgehead atoms. The minimum absolute atomic E-state index is 0.0589. The van der Waals surface area contributed by atoms with E-state index in [1.54, 1.807) is 0 Å². The van der Waals surface area contributed by atoms with E-state index in [2.05, 4.69) is 27.9 Å². The van der Waals surface area contributed by atoms with Crippen LogP contribution in [0.5, 0.6) is 0 Å². The molecule has 1 N–H and O–H groups in total. The number of hydrogen-bond donors (Lipinski definition) is 1. The van der Waals surface area contributed by atoms with Crippen LogP contribution in [0.2, 0.25) is 0 Å². The van der Waals surface area contributed by atoms with E-state index in [1.165, 1.54) is 5.56 Å². The highest BCUT2D eigenvalue weighted by Gasteiger charge is 2.10. The highest BCUT2D eigenvalue weighted by molar-refractivity contribution is 5.77. The molecule has 0 aliphatic carbocycles. The Morgan fingerprint density at radius 2 is 1.83 bits per heavy atom. The molecule has 1 heterocycles. The van der Waals surface area contributed by atoms with E-state index in [0.717, 1.165) is 29.8 Å². The van der Waals surface area contributed by atoms with Crippen molar-refractivity contribution in [1.82, 2.24) is 14.9 Å². The molecule has 3 rings (SSSR count). The molecule has 1 amide bonds. The maximum absolute atomic E-state index is 12.1. The molecule has 3 aromatic rings. The predicted molar refractivity (Wildman–Crippen MR) is 92.0 cm³/mol. The molecule has 0 atom stereocenters. The van der Waals surface area contributed by atoms with Crippen LogP contribution in [0.25, 0.3) is 11.0 Å². The second-order valence-corrected chi connectivity index (χ2v) is 5.52. The first-order valence-electron chi connectivity index (χ1n) is 8.02. The number of nitrogens with one attached hydrogen (secondary N) is 1. The fraction of sp³-hybridized carbons (Fsp3) is 0.263. The lowest BCUT2D eigenvalue weighted by Crippen LogP contribution is -2.24. The summed E-state index contributed by atoms with van der Waals surface area (Å²) >= 11 is 0. The molecule has 4 nitrogen and oxygen atoms in total. The van der Waals surface area contributed by atoms with Gasteiger partial charge in [0, 0.05) is 13.0 Å². The Morgan fingerprint density at radius 1 is 1.09 bits per heavy atom. The summed E-state index contributed by atoms with van der Waals surface area (Å²) < 4.78 is 2.15. The molecule has 0 fully saturated rings. The number of imidazole rings is 1. The van der Waals surface area contributed by atoms with Gasteiger partial charge in [0.2, 0.25) is 5.91 Å². The largest absolute Gasteiger partial charge is 0.349 e. The van der Waals surface area contributed by atoms with Crippen LogP contribution in [0, 0.1) is 0 Å². The van der Waals surface area contributed by atoms with E-state index >= 15 is 0 Å². The van der Waals surface area contributed by atoms with Gasteiger partial charge in [0.25, 0.3) is 0 Å². The van der Waals surface area contributed by atoms with Gasteiger partial charge < -0.3 is 9.88 Å². The van der Waals surface area contributed by atoms with Crippen LogP contribution in [0.15, 0.2) is 54.6 Å². The zero-order valence-corrected chi connectivity index (χ0v) is 13.3. The van der Waals surface area contributed by atoms with Crippen molar-refractivity contribution in [2.45, 2.75) is 32.9 Å². The number of carbonyl (C=O) groups excluding carboxylic acids is 1. The molecule has 0 aliphatic rings. The summed E-state index contributed by atoms with van der Waals surface area (Å²) in [5.74, 6) is 0.963. The maximum Gasteiger partial charge on any atom is 0.220 e. The molecule has 0 spiro atoms. The van der Waals surface area contributed by atoms with E-state index in [4.69, 9.17) is 0 Å². The zero-order chi connectivity index (χ0) is 16.1. The summed E-state index contributed by atoms with van der Waals surface area (Å²) in [5, 5.41) is 2.98. The molecule has 0 aliphatic heterocycles. The molecule has 0 radical (unpaired) electrons. The molecule has 0 unspecified atom stereocenters. The topological polar surface area (TPSA) is 46.9 Å². The van der Waals surface area contributed by atoms with Crippen LogP contribution in [-0.2, 0) is 24.3 Å². The summed E-state index contributed by atoms with van der Waals surface area (Å²) in [4.78, 5) is 16.7. The van der Waals surface area contributed by atoms with Crippen LogP contribution < -0.4 is 5.32 Å². The van der Waals surface area contributed by atoms with Gasteiger partial charge in [0.15, 0.2) is 0 Å². The zero-order valence-electron chi connectivity index (χ0n) is 13.3. The quantitative estimate of drug-likeness (QED) is 0.759. The van der Waals surface area contributed by atoms with Crippen LogP contribution in [0.1, 0.15) is 24.7 Å². The van der Waals surface area contributed by atoms with Crippen molar-refractivity contribution in [2.75, 3.05) is 0 Å². The lowest BCUT2D eigenvalue weighted by Gasteiger charge is -2.08. The van der Waals surface area contributed by atoms with Crippen molar-refractivity contribution in [2.24, 2.45) is 0 Å². The van der Waals surface area contributed by atoms with E-state index in [0.29, 0.717) is 13.0 Å². The monoisotopic (exact) mass is 307 g/mol. The van der Waals surface area contributed by atoms with Crippen LogP contribution in [-0.4, -0.2) is 15.5 Å². The third-order valence-electron chi connectivity index (χ3n) is 3.98. The normalized spacial score (nSPS) is 10.8. The first-order chi connectivity index (χ1) is 11.3. The number of rotatable bonds is 6. The van der Waals surface area contributed by atoms with Crippen molar-refractivity contribution < 1.29 is 4.79 Å². The lowest BCUT2D eigenvalue weighted by molar-refractivity contribution is -0.121. The number of carbonyl (C=O) groups is 1. The Balaban J connectivity index is 1.60. The third kappa shape index (κ3) is 3.59. The summed E-state index contributed by atoms with van der Waals surface area (Å²) in [5.41, 5.74) is 3.27. The Kier molecular flexibility index (Phi) is 4.71. The van der Waals surface area contributed by atoms with Crippen molar-refractivity contribution in [3.63, 3.8) is 0 Å². The molecule has 0 saturated heterocycles. The second-order valence-electron chi connectivity index (χ2n) is 5.52. The van der Waals surface area contributed by atoms with Crippen molar-refractivity contribution in [3.8, 4) is 0 Å². The highest BCUT2D eigenvalue weighted by atomic mass is 16.1. The number of benzene rings is 2. The Hall–Kier alpha value is -2.62. The SMILES string of the molecule is CCn1c(CNC(=O)CCc2ccccc2)nc2ccccc21. The lowest BCUT2D eigenvalue weighted by atomic mass is 10.1. The van der Waals surface area contributed by atoms with E-state index < -0.39 is 0 Å². The van der Waals surface area contributed by atoms with Crippen molar-refractivity contribution in [1.29, 1.82) is 0 Å². The summed E-state index contributed by atoms with van der Waals surface area (Å²) in [7, 11) is 0. The second kappa shape index (κ2) is 7.09. The number of aryl methyl sites for hydroxylation is 2. The summed E-state index contributed by atoms with van der Waals surface area (Å²) in [6.07, 6.45) is 1.26. The van der Waals surface area contributed by atoms with Gasteiger partial charge in [-0.1, -0.05) is 42.5 Å². The molecule has 118 valence electrons. The summed E-state index contributed by atoms with van der Waals surface area (Å²) in [6, 6.07) is 18.1. The van der Waals surface area contributed by atoms with Gasteiger partial charge in [-0.05, 0) is 31.0 Å². The van der Waals surface area contributed by atoms with E-state index in [-0.39, 0.29) is 5.91 Å². The molecule has 4 heteroatoms. The minimum Gasteiger partial charge on any atom is -0.349 e. The van der Waals surface area contributed by atoms with E-state index in [9.17, 15) is 4.79 Å². The first-order valence-corrected chi connectivity index (χ1v) is 8.02. The van der Waals surface area contributed by atoms with Crippen molar-refractivity contribution in [3.05, 3.63) is 66.0 Å². The Bertz CT molecular complexity index is 793. The summed E-state index contributed by atoms with van der Waals surface area (Å²) in [6.45, 7) is 3.40. The average Bonchev–Trinajstić information content (AvgIpc) is 2.96. The Morgan fingerprint density at radius 3 is 2.61 bits per heavy atom. The van der Waals surface area contributed by atoms with Gasteiger partial charge in [0.1, 0.15) is 5.82 Å². The maximum atomic E-state index is 12.1. The minimum atomic E-state index is 0.0589. The van der Waals surface area contributed by atoms with Crippen LogP contribution in [0.3, 0.4) is 0 Å². The average molecular weight is 307 g/mol. The van der Waals surface area contributed by atoms with Crippen LogP contribution in [0.4, 0.5) is 0 Å². The number of amides is 1. The van der Waals surface area contributed by atoms with Gasteiger partial charge in [-0.3, -0.25) is 4.79 Å². The van der Waals surface area contributed by atoms with Gasteiger partial charge in [-0.15, -0.1) is 0 Å². The van der Waals surface area contributed by atoms with Gasteiger partial charge in [-0.2, -0.15) is 0 Å². The van der Waals surface area contributed by atoms with E-state index in [1.807, 2.05) is 48.5 Å². The number of fused-ring (bicyclic) bond motifs is 1. The smallest absolute Gasteiger partial charge is 0.220 e. The molecule has 0 saturated carbocycles. The van der Waals surface area contributed by atoms with Gasteiger partial charge in [-0.25, -0.2) is 4.98 Å². The molecule has 1 aromatic heterocycles. The number of nitrogens with zero attached hydrogens (tertiary/aromatic N) is 2. The number of para-hydroxylation sites is 2. The van der Waals surface area contributed by atoms with Crippen molar-refractivity contribution >= 4 is 16.9 Å². The Labute approximate surface area is 136 Å². The van der Waals surface area contributed by atoms with Gasteiger partial charge in [0.05, 0.1) is 17.6 Å². The fourth-order valence-electron chi connectivity index (χ4n) is 2.78. The van der Waals surface area contributed by atoms with Gasteiger partial charge >= 0.3 is 0 Å². The molecular weight excluding hydrogens is 286 g/mol. The number of aromatic nitrogens is 2. The fourth-order valence-corrected chi connectivity index (χ4v) is 2.78. The van der Waals surface area contributed by atoms with Crippen LogP contribution >= 0.6 is 0 Å². The molecular formula is C19H21N3O. The molecule has 23 heavy (non-hydrogen) atoms.